The lowest BCUT2D eigenvalue weighted by molar-refractivity contribution is -0.127. The highest BCUT2D eigenvalue weighted by Crippen LogP contribution is 2.14. The van der Waals surface area contributed by atoms with Gasteiger partial charge in [0.25, 0.3) is 11.8 Å². The second kappa shape index (κ2) is 9.50. The largest absolute Gasteiger partial charge is 0.481 e. The first-order valence-corrected chi connectivity index (χ1v) is 9.16. The second-order valence-electron chi connectivity index (χ2n) is 6.46. The number of benzene rings is 3. The van der Waals surface area contributed by atoms with Gasteiger partial charge in [-0.2, -0.15) is 0 Å². The molecule has 0 saturated heterocycles. The first kappa shape index (κ1) is 20.1. The van der Waals surface area contributed by atoms with Crippen molar-refractivity contribution in [2.75, 3.05) is 5.32 Å². The molecule has 29 heavy (non-hydrogen) atoms. The summed E-state index contributed by atoms with van der Waals surface area (Å²) in [5.74, 6) is -0.503. The summed E-state index contributed by atoms with van der Waals surface area (Å²) in [6.45, 7) is 1.96. The van der Waals surface area contributed by atoms with Crippen LogP contribution in [0.2, 0.25) is 0 Å². The van der Waals surface area contributed by atoms with Gasteiger partial charge in [0.1, 0.15) is 11.6 Å². The molecule has 3 rings (SSSR count). The zero-order chi connectivity index (χ0) is 20.6. The summed E-state index contributed by atoms with van der Waals surface area (Å²) in [7, 11) is 0. The average Bonchev–Trinajstić information content (AvgIpc) is 2.73. The van der Waals surface area contributed by atoms with Crippen LogP contribution in [-0.4, -0.2) is 17.9 Å². The highest BCUT2D eigenvalue weighted by Gasteiger charge is 2.14. The van der Waals surface area contributed by atoms with Crippen molar-refractivity contribution in [3.63, 3.8) is 0 Å². The lowest BCUT2D eigenvalue weighted by atomic mass is 10.1. The third-order valence-corrected chi connectivity index (χ3v) is 4.16. The molecule has 0 saturated carbocycles. The molecule has 0 unspecified atom stereocenters. The first-order chi connectivity index (χ1) is 14.0. The molecule has 5 nitrogen and oxygen atoms in total. The van der Waals surface area contributed by atoms with E-state index in [4.69, 9.17) is 4.74 Å². The van der Waals surface area contributed by atoms with Crippen molar-refractivity contribution in [2.45, 2.75) is 19.6 Å². The molecule has 1 atom stereocenters. The minimum atomic E-state index is -0.645. The van der Waals surface area contributed by atoms with Crippen molar-refractivity contribution in [1.29, 1.82) is 0 Å². The Balaban J connectivity index is 1.55. The number of rotatable bonds is 7. The predicted molar refractivity (Wildman–Crippen MR) is 109 cm³/mol. The van der Waals surface area contributed by atoms with Gasteiger partial charge in [-0.25, -0.2) is 4.39 Å². The molecule has 0 fully saturated rings. The number of hydrogen-bond donors (Lipinski definition) is 2. The molecule has 3 aromatic carbocycles. The highest BCUT2D eigenvalue weighted by molar-refractivity contribution is 6.04. The molecule has 0 aliphatic carbocycles. The van der Waals surface area contributed by atoms with Crippen LogP contribution in [0, 0.1) is 5.82 Å². The number of amides is 2. The minimum Gasteiger partial charge on any atom is -0.481 e. The Morgan fingerprint density at radius 3 is 2.48 bits per heavy atom. The topological polar surface area (TPSA) is 67.4 Å². The molecule has 0 bridgehead atoms. The van der Waals surface area contributed by atoms with Gasteiger partial charge in [-0.1, -0.05) is 36.4 Å². The number of anilines is 1. The molecular weight excluding hydrogens is 371 g/mol. The van der Waals surface area contributed by atoms with E-state index in [0.717, 1.165) is 5.56 Å². The van der Waals surface area contributed by atoms with Crippen LogP contribution in [0.5, 0.6) is 5.75 Å². The van der Waals surface area contributed by atoms with Gasteiger partial charge >= 0.3 is 0 Å². The van der Waals surface area contributed by atoms with Crippen molar-refractivity contribution in [3.05, 3.63) is 95.8 Å². The van der Waals surface area contributed by atoms with Gasteiger partial charge in [0.2, 0.25) is 0 Å². The summed E-state index contributed by atoms with van der Waals surface area (Å²) >= 11 is 0. The van der Waals surface area contributed by atoms with E-state index in [1.807, 2.05) is 24.3 Å². The molecule has 0 aliphatic rings. The van der Waals surface area contributed by atoms with Gasteiger partial charge in [-0.05, 0) is 55.0 Å². The van der Waals surface area contributed by atoms with Crippen LogP contribution in [0.1, 0.15) is 22.8 Å². The van der Waals surface area contributed by atoms with Crippen molar-refractivity contribution in [1.82, 2.24) is 5.32 Å². The van der Waals surface area contributed by atoms with Gasteiger partial charge < -0.3 is 15.4 Å². The van der Waals surface area contributed by atoms with Crippen molar-refractivity contribution in [2.24, 2.45) is 0 Å². The van der Waals surface area contributed by atoms with Crippen LogP contribution in [0.3, 0.4) is 0 Å². The van der Waals surface area contributed by atoms with Gasteiger partial charge in [0.05, 0.1) is 0 Å². The van der Waals surface area contributed by atoms with E-state index < -0.39 is 17.8 Å². The quantitative estimate of drug-likeness (QED) is 0.634. The third-order valence-electron chi connectivity index (χ3n) is 4.16. The summed E-state index contributed by atoms with van der Waals surface area (Å²) in [6, 6.07) is 21.7. The highest BCUT2D eigenvalue weighted by atomic mass is 19.1. The summed E-state index contributed by atoms with van der Waals surface area (Å²) in [5, 5.41) is 5.54. The van der Waals surface area contributed by atoms with Crippen LogP contribution >= 0.6 is 0 Å². The molecule has 3 aromatic rings. The first-order valence-electron chi connectivity index (χ1n) is 9.16. The number of hydrogen-bond acceptors (Lipinski definition) is 3. The molecule has 0 aromatic heterocycles. The Hall–Kier alpha value is -3.67. The summed E-state index contributed by atoms with van der Waals surface area (Å²) in [5.41, 5.74) is 1.59. The standard InChI is InChI=1S/C23H21FN2O3/c1-16(29-21-11-3-2-4-12-21)22(27)25-15-17-7-5-10-20(13-17)26-23(28)18-8-6-9-19(24)14-18/h2-14,16H,15H2,1H3,(H,25,27)(H,26,28)/t16-/m0/s1. The van der Waals surface area contributed by atoms with Gasteiger partial charge in [0.15, 0.2) is 6.10 Å². The fraction of sp³-hybridized carbons (Fsp3) is 0.130. The third kappa shape index (κ3) is 5.90. The van der Waals surface area contributed by atoms with Gasteiger partial charge in [-0.15, -0.1) is 0 Å². The van der Waals surface area contributed by atoms with Crippen LogP contribution in [0.25, 0.3) is 0 Å². The minimum absolute atomic E-state index is 0.232. The van der Waals surface area contributed by atoms with Gasteiger partial charge in [-0.3, -0.25) is 9.59 Å². The Bertz CT molecular complexity index is 992. The Labute approximate surface area is 168 Å². The summed E-state index contributed by atoms with van der Waals surface area (Å²) < 4.78 is 18.9. The van der Waals surface area contributed by atoms with Crippen LogP contribution in [0.15, 0.2) is 78.9 Å². The van der Waals surface area contributed by atoms with Crippen LogP contribution in [0.4, 0.5) is 10.1 Å². The second-order valence-corrected chi connectivity index (χ2v) is 6.46. The molecule has 0 radical (unpaired) electrons. The molecule has 0 heterocycles. The number of ether oxygens (including phenoxy) is 1. The lowest BCUT2D eigenvalue weighted by Crippen LogP contribution is -2.35. The van der Waals surface area contributed by atoms with Crippen LogP contribution < -0.4 is 15.4 Å². The SMILES string of the molecule is C[C@H](Oc1ccccc1)C(=O)NCc1cccc(NC(=O)c2cccc(F)c2)c1. The smallest absolute Gasteiger partial charge is 0.261 e. The Kier molecular flexibility index (Phi) is 6.58. The van der Waals surface area contributed by atoms with Crippen molar-refractivity contribution < 1.29 is 18.7 Å². The molecule has 2 amide bonds. The molecular formula is C23H21FN2O3. The molecule has 148 valence electrons. The summed E-state index contributed by atoms with van der Waals surface area (Å²) in [4.78, 5) is 24.5. The van der Waals surface area contributed by atoms with E-state index >= 15 is 0 Å². The van der Waals surface area contributed by atoms with E-state index in [1.165, 1.54) is 24.3 Å². The average molecular weight is 392 g/mol. The number of carbonyl (C=O) groups excluding carboxylic acids is 2. The van der Waals surface area contributed by atoms with E-state index in [9.17, 15) is 14.0 Å². The maximum Gasteiger partial charge on any atom is 0.261 e. The molecule has 0 aliphatic heterocycles. The maximum absolute atomic E-state index is 13.3. The monoisotopic (exact) mass is 392 g/mol. The van der Waals surface area contributed by atoms with Crippen molar-refractivity contribution >= 4 is 17.5 Å². The fourth-order valence-electron chi connectivity index (χ4n) is 2.68. The maximum atomic E-state index is 13.3. The van der Waals surface area contributed by atoms with Crippen molar-refractivity contribution in [3.8, 4) is 5.75 Å². The molecule has 6 heteroatoms. The van der Waals surface area contributed by atoms with E-state index in [2.05, 4.69) is 10.6 Å². The molecule has 0 spiro atoms. The lowest BCUT2D eigenvalue weighted by Gasteiger charge is -2.15. The zero-order valence-electron chi connectivity index (χ0n) is 15.9. The predicted octanol–water partition coefficient (Wildman–Crippen LogP) is 4.16. The normalized spacial score (nSPS) is 11.4. The van der Waals surface area contributed by atoms with E-state index in [1.54, 1.807) is 37.3 Å². The van der Waals surface area contributed by atoms with Gasteiger partial charge in [0, 0.05) is 17.8 Å². The Morgan fingerprint density at radius 1 is 0.966 bits per heavy atom. The number of carbonyl (C=O) groups is 2. The van der Waals surface area contributed by atoms with E-state index in [0.29, 0.717) is 11.4 Å². The zero-order valence-corrected chi connectivity index (χ0v) is 15.9. The number of nitrogens with one attached hydrogen (secondary N) is 2. The molecule has 2 N–H and O–H groups in total. The number of halogens is 1. The van der Waals surface area contributed by atoms with Crippen LogP contribution in [-0.2, 0) is 11.3 Å². The van der Waals surface area contributed by atoms with E-state index in [-0.39, 0.29) is 18.0 Å². The Morgan fingerprint density at radius 2 is 1.72 bits per heavy atom. The fourth-order valence-corrected chi connectivity index (χ4v) is 2.68. The number of para-hydroxylation sites is 1. The summed E-state index contributed by atoms with van der Waals surface area (Å²) in [6.07, 6.45) is -0.645.